The average Bonchev–Trinajstić information content (AvgIpc) is 3.12. The molecule has 4 atom stereocenters. The first-order valence-electron chi connectivity index (χ1n) is 9.96. The normalized spacial score (nSPS) is 32.2. The summed E-state index contributed by atoms with van der Waals surface area (Å²) in [5.74, 6) is 1.21. The van der Waals surface area contributed by atoms with E-state index in [-0.39, 0.29) is 24.2 Å². The van der Waals surface area contributed by atoms with Crippen molar-refractivity contribution in [3.05, 3.63) is 18.0 Å². The van der Waals surface area contributed by atoms with Crippen molar-refractivity contribution < 1.29 is 14.3 Å². The number of likely N-dealkylation sites (N-methyl/N-ethyl adjacent to an activating group) is 1. The number of ether oxygens (including phenoxy) is 2. The Morgan fingerprint density at radius 3 is 2.59 bits per heavy atom. The molecular formula is C19H25N7O3. The number of morpholine rings is 1. The summed E-state index contributed by atoms with van der Waals surface area (Å²) in [6, 6.07) is -0.960. The zero-order valence-corrected chi connectivity index (χ0v) is 16.9. The molecular weight excluding hydrogens is 374 g/mol. The van der Waals surface area contributed by atoms with Gasteiger partial charge in [0.2, 0.25) is 5.96 Å². The number of fused-ring (bicyclic) bond motifs is 1. The van der Waals surface area contributed by atoms with E-state index >= 15 is 0 Å². The van der Waals surface area contributed by atoms with Crippen LogP contribution < -0.4 is 0 Å². The topological polar surface area (TPSA) is 96.9 Å². The largest absolute Gasteiger partial charge is 0.372 e. The van der Waals surface area contributed by atoms with E-state index in [1.165, 1.54) is 0 Å². The van der Waals surface area contributed by atoms with Gasteiger partial charge < -0.3 is 19.3 Å². The summed E-state index contributed by atoms with van der Waals surface area (Å²) in [7, 11) is 3.63. The number of hydrogen-bond acceptors (Lipinski definition) is 8. The van der Waals surface area contributed by atoms with Gasteiger partial charge in [-0.1, -0.05) is 0 Å². The van der Waals surface area contributed by atoms with Gasteiger partial charge in [0, 0.05) is 38.8 Å². The number of hydrogen-bond donors (Lipinski definition) is 0. The van der Waals surface area contributed by atoms with Crippen LogP contribution in [0.5, 0.6) is 0 Å². The van der Waals surface area contributed by atoms with Crippen LogP contribution in [0.2, 0.25) is 0 Å². The lowest BCUT2D eigenvalue weighted by molar-refractivity contribution is -0.128. The minimum Gasteiger partial charge on any atom is -0.372 e. The molecule has 1 amide bonds. The predicted octanol–water partition coefficient (Wildman–Crippen LogP) is 0.0205. The van der Waals surface area contributed by atoms with Crippen molar-refractivity contribution in [3.8, 4) is 0 Å². The van der Waals surface area contributed by atoms with E-state index < -0.39 is 6.04 Å². The Balaban J connectivity index is 1.46. The summed E-state index contributed by atoms with van der Waals surface area (Å²) in [6.45, 7) is 4.39. The van der Waals surface area contributed by atoms with Crippen LogP contribution in [-0.4, -0.2) is 94.5 Å². The van der Waals surface area contributed by atoms with Gasteiger partial charge in [-0.2, -0.15) is 5.10 Å². The number of amides is 1. The van der Waals surface area contributed by atoms with E-state index in [2.05, 4.69) is 10.00 Å². The van der Waals surface area contributed by atoms with Crippen molar-refractivity contribution in [1.29, 1.82) is 0 Å². The third-order valence-corrected chi connectivity index (χ3v) is 5.96. The molecule has 4 aliphatic rings. The first-order chi connectivity index (χ1) is 14.0. The van der Waals surface area contributed by atoms with Gasteiger partial charge in [-0.25, -0.2) is 9.98 Å². The second-order valence-electron chi connectivity index (χ2n) is 7.83. The molecule has 5 heterocycles. The number of aryl methyl sites for hydroxylation is 1. The van der Waals surface area contributed by atoms with Gasteiger partial charge in [0.25, 0.3) is 5.91 Å². The molecule has 0 bridgehead atoms. The maximum atomic E-state index is 12.9. The van der Waals surface area contributed by atoms with Crippen molar-refractivity contribution in [2.45, 2.75) is 37.6 Å². The minimum atomic E-state index is -0.588. The third kappa shape index (κ3) is 3.16. The van der Waals surface area contributed by atoms with E-state index in [0.717, 1.165) is 17.7 Å². The van der Waals surface area contributed by atoms with E-state index in [4.69, 9.17) is 24.5 Å². The Morgan fingerprint density at radius 1 is 1.10 bits per heavy atom. The molecule has 4 aliphatic heterocycles. The lowest BCUT2D eigenvalue weighted by atomic mass is 9.92. The average molecular weight is 399 g/mol. The molecule has 0 aromatic carbocycles. The van der Waals surface area contributed by atoms with Gasteiger partial charge in [-0.15, -0.1) is 0 Å². The second-order valence-corrected chi connectivity index (χ2v) is 7.83. The number of carbonyl (C=O) groups is 1. The lowest BCUT2D eigenvalue weighted by Gasteiger charge is -2.41. The highest BCUT2D eigenvalue weighted by molar-refractivity contribution is 6.13. The Hall–Kier alpha value is -2.59. The fourth-order valence-electron chi connectivity index (χ4n) is 4.06. The van der Waals surface area contributed by atoms with Crippen molar-refractivity contribution in [3.63, 3.8) is 0 Å². The van der Waals surface area contributed by atoms with Gasteiger partial charge in [-0.05, 0) is 6.92 Å². The van der Waals surface area contributed by atoms with Gasteiger partial charge >= 0.3 is 0 Å². The van der Waals surface area contributed by atoms with Crippen LogP contribution in [0.25, 0.3) is 0 Å². The number of guanidine groups is 1. The molecule has 0 N–H and O–H groups in total. The minimum absolute atomic E-state index is 0.0520. The summed E-state index contributed by atoms with van der Waals surface area (Å²) in [5.41, 5.74) is 1.84. The molecule has 10 heteroatoms. The van der Waals surface area contributed by atoms with E-state index in [1.807, 2.05) is 26.4 Å². The third-order valence-electron chi connectivity index (χ3n) is 5.96. The molecule has 0 spiro atoms. The van der Waals surface area contributed by atoms with Gasteiger partial charge in [-0.3, -0.25) is 14.5 Å². The fourth-order valence-corrected chi connectivity index (χ4v) is 4.06. The molecule has 0 radical (unpaired) electrons. The number of amidine groups is 1. The Morgan fingerprint density at radius 2 is 1.90 bits per heavy atom. The molecule has 10 nitrogen and oxygen atoms in total. The predicted molar refractivity (Wildman–Crippen MR) is 106 cm³/mol. The first-order valence-corrected chi connectivity index (χ1v) is 9.96. The van der Waals surface area contributed by atoms with Crippen molar-refractivity contribution in [1.82, 2.24) is 19.6 Å². The second kappa shape index (κ2) is 7.03. The van der Waals surface area contributed by atoms with Crippen molar-refractivity contribution >= 4 is 23.4 Å². The smallest absolute Gasteiger partial charge is 0.255 e. The number of rotatable bonds is 2. The molecule has 1 aromatic heterocycles. The summed E-state index contributed by atoms with van der Waals surface area (Å²) in [5, 5.41) is 4.24. The molecule has 0 saturated carbocycles. The van der Waals surface area contributed by atoms with Crippen LogP contribution in [0.15, 0.2) is 27.4 Å². The molecule has 0 aliphatic carbocycles. The van der Waals surface area contributed by atoms with E-state index in [9.17, 15) is 4.79 Å². The monoisotopic (exact) mass is 399 g/mol. The van der Waals surface area contributed by atoms with Crippen LogP contribution in [-0.2, 0) is 21.3 Å². The van der Waals surface area contributed by atoms with Gasteiger partial charge in [0.1, 0.15) is 24.1 Å². The Labute approximate surface area is 168 Å². The molecule has 29 heavy (non-hydrogen) atoms. The van der Waals surface area contributed by atoms with E-state index in [1.54, 1.807) is 16.6 Å². The number of nitrogens with zero attached hydrogens (tertiary/aromatic N) is 7. The lowest BCUT2D eigenvalue weighted by Crippen LogP contribution is -2.58. The summed E-state index contributed by atoms with van der Waals surface area (Å²) >= 11 is 0. The van der Waals surface area contributed by atoms with Crippen molar-refractivity contribution in [2.75, 3.05) is 33.4 Å². The maximum Gasteiger partial charge on any atom is 0.255 e. The standard InChI is InChI=1S/C19H25N7O3/c1-11-21-16-15(13-4-6-28-13)22-19(23-17(16)18(27)25(11)3)26-5-7-29-14(10-26)12-8-20-24(2)9-12/h8-9,13-14,16-17H,4-7,10H2,1-3H3/t13?,14-,16?,17?/m0/s1. The SMILES string of the molecule is CC1=NC2C(C3CCO3)=NC(N3CCO[C@H](c4cnn(C)c4)C3)=NC2C(=O)N1C. The van der Waals surface area contributed by atoms with Gasteiger partial charge in [0.05, 0.1) is 31.7 Å². The zero-order chi connectivity index (χ0) is 20.1. The molecule has 3 unspecified atom stereocenters. The summed E-state index contributed by atoms with van der Waals surface area (Å²) in [4.78, 5) is 30.9. The molecule has 2 saturated heterocycles. The number of carbonyl (C=O) groups excluding carboxylic acids is 1. The molecule has 154 valence electrons. The number of aliphatic imine (C=N–C) groups is 3. The summed E-state index contributed by atoms with van der Waals surface area (Å²) < 4.78 is 13.4. The number of aromatic nitrogens is 2. The highest BCUT2D eigenvalue weighted by Gasteiger charge is 2.45. The van der Waals surface area contributed by atoms with Crippen LogP contribution in [0.1, 0.15) is 25.0 Å². The maximum absolute atomic E-state index is 12.9. The van der Waals surface area contributed by atoms with E-state index in [0.29, 0.717) is 38.1 Å². The zero-order valence-electron chi connectivity index (χ0n) is 16.9. The molecule has 5 rings (SSSR count). The van der Waals surface area contributed by atoms with Crippen molar-refractivity contribution in [2.24, 2.45) is 22.0 Å². The van der Waals surface area contributed by atoms with Crippen LogP contribution in [0.3, 0.4) is 0 Å². The van der Waals surface area contributed by atoms with Gasteiger partial charge in [0.15, 0.2) is 6.04 Å². The highest BCUT2D eigenvalue weighted by Crippen LogP contribution is 2.28. The summed E-state index contributed by atoms with van der Waals surface area (Å²) in [6.07, 6.45) is 4.48. The molecule has 2 fully saturated rings. The Bertz CT molecular complexity index is 917. The van der Waals surface area contributed by atoms with Crippen LogP contribution >= 0.6 is 0 Å². The quantitative estimate of drug-likeness (QED) is 0.699. The van der Waals surface area contributed by atoms with Crippen LogP contribution in [0.4, 0.5) is 0 Å². The Kier molecular flexibility index (Phi) is 4.47. The first kappa shape index (κ1) is 18.4. The highest BCUT2D eigenvalue weighted by atomic mass is 16.5. The molecule has 1 aromatic rings. The fraction of sp³-hybridized carbons (Fsp3) is 0.632. The van der Waals surface area contributed by atoms with Crippen LogP contribution in [0, 0.1) is 0 Å².